The van der Waals surface area contributed by atoms with Crippen LogP contribution >= 0.6 is 11.3 Å². The summed E-state index contributed by atoms with van der Waals surface area (Å²) in [6.07, 6.45) is 3.83. The van der Waals surface area contributed by atoms with Crippen LogP contribution in [0.5, 0.6) is 0 Å². The first kappa shape index (κ1) is 11.0. The summed E-state index contributed by atoms with van der Waals surface area (Å²) in [5, 5.41) is 11.0. The van der Waals surface area contributed by atoms with E-state index in [-0.39, 0.29) is 12.3 Å². The van der Waals surface area contributed by atoms with E-state index in [1.807, 2.05) is 36.8 Å². The van der Waals surface area contributed by atoms with Crippen LogP contribution in [0.25, 0.3) is 0 Å². The Bertz CT molecular complexity index is 473. The zero-order valence-corrected chi connectivity index (χ0v) is 9.75. The molecule has 84 valence electrons. The van der Waals surface area contributed by atoms with Crippen LogP contribution in [0.1, 0.15) is 28.3 Å². The molecular weight excluding hydrogens is 222 g/mol. The fraction of sp³-hybridized carbons (Fsp3) is 0.250. The molecule has 0 bridgehead atoms. The lowest BCUT2D eigenvalue weighted by atomic mass is 9.94. The molecule has 2 heterocycles. The van der Waals surface area contributed by atoms with Gasteiger partial charge in [-0.3, -0.25) is 4.79 Å². The second-order valence-electron chi connectivity index (χ2n) is 3.76. The molecule has 1 atom stereocenters. The molecule has 0 fully saturated rings. The second kappa shape index (κ2) is 4.53. The van der Waals surface area contributed by atoms with Crippen LogP contribution in [0, 0.1) is 6.92 Å². The molecule has 0 aliphatic heterocycles. The van der Waals surface area contributed by atoms with E-state index in [2.05, 4.69) is 4.98 Å². The molecule has 1 unspecified atom stereocenters. The van der Waals surface area contributed by atoms with Gasteiger partial charge >= 0.3 is 5.97 Å². The van der Waals surface area contributed by atoms with Crippen molar-refractivity contribution in [1.82, 2.24) is 4.98 Å². The number of H-pyrrole nitrogens is 1. The Labute approximate surface area is 97.8 Å². The Balaban J connectivity index is 2.36. The van der Waals surface area contributed by atoms with Gasteiger partial charge in [-0.05, 0) is 35.6 Å². The number of nitrogens with one attached hydrogen (secondary N) is 1. The van der Waals surface area contributed by atoms with Crippen LogP contribution in [-0.4, -0.2) is 16.1 Å². The smallest absolute Gasteiger partial charge is 0.304 e. The number of aromatic amines is 1. The van der Waals surface area contributed by atoms with Crippen LogP contribution in [0.4, 0.5) is 0 Å². The maximum absolute atomic E-state index is 10.9. The maximum Gasteiger partial charge on any atom is 0.304 e. The molecule has 0 saturated carbocycles. The molecule has 2 N–H and O–H groups in total. The van der Waals surface area contributed by atoms with Crippen LogP contribution < -0.4 is 0 Å². The monoisotopic (exact) mass is 235 g/mol. The molecule has 0 aromatic carbocycles. The zero-order valence-electron chi connectivity index (χ0n) is 8.93. The number of carboxylic acid groups (broad SMARTS) is 1. The summed E-state index contributed by atoms with van der Waals surface area (Å²) < 4.78 is 0. The van der Waals surface area contributed by atoms with E-state index >= 15 is 0 Å². The van der Waals surface area contributed by atoms with Gasteiger partial charge < -0.3 is 10.1 Å². The minimum absolute atomic E-state index is 0.0382. The summed E-state index contributed by atoms with van der Waals surface area (Å²) in [5.41, 5.74) is 2.20. The Hall–Kier alpha value is -1.55. The average molecular weight is 235 g/mol. The Morgan fingerprint density at radius 2 is 2.38 bits per heavy atom. The summed E-state index contributed by atoms with van der Waals surface area (Å²) in [5.74, 6) is -0.803. The fourth-order valence-corrected chi connectivity index (χ4v) is 2.89. The maximum atomic E-state index is 10.9. The van der Waals surface area contributed by atoms with E-state index in [1.54, 1.807) is 11.3 Å². The Morgan fingerprint density at radius 1 is 1.56 bits per heavy atom. The van der Waals surface area contributed by atoms with Gasteiger partial charge in [0.1, 0.15) is 0 Å². The molecule has 0 radical (unpaired) electrons. The van der Waals surface area contributed by atoms with Gasteiger partial charge in [-0.25, -0.2) is 0 Å². The normalized spacial score (nSPS) is 12.6. The largest absolute Gasteiger partial charge is 0.481 e. The van der Waals surface area contributed by atoms with Crippen LogP contribution in [-0.2, 0) is 4.79 Å². The number of aromatic nitrogens is 1. The van der Waals surface area contributed by atoms with E-state index in [1.165, 1.54) is 0 Å². The molecule has 4 heteroatoms. The lowest BCUT2D eigenvalue weighted by Crippen LogP contribution is -2.06. The highest BCUT2D eigenvalue weighted by Crippen LogP contribution is 2.33. The number of rotatable bonds is 4. The zero-order chi connectivity index (χ0) is 11.5. The molecule has 0 aliphatic carbocycles. The molecule has 3 nitrogen and oxygen atoms in total. The first-order valence-corrected chi connectivity index (χ1v) is 5.95. The Morgan fingerprint density at radius 3 is 2.88 bits per heavy atom. The van der Waals surface area contributed by atoms with Gasteiger partial charge in [-0.2, -0.15) is 0 Å². The van der Waals surface area contributed by atoms with Crippen molar-refractivity contribution in [2.45, 2.75) is 19.3 Å². The molecule has 0 amide bonds. The predicted molar refractivity (Wildman–Crippen MR) is 63.9 cm³/mol. The third kappa shape index (κ3) is 2.17. The number of hydrogen-bond donors (Lipinski definition) is 2. The number of hydrogen-bond acceptors (Lipinski definition) is 2. The highest BCUT2D eigenvalue weighted by atomic mass is 32.1. The van der Waals surface area contributed by atoms with Crippen molar-refractivity contribution in [3.05, 3.63) is 45.9 Å². The highest BCUT2D eigenvalue weighted by Gasteiger charge is 2.20. The van der Waals surface area contributed by atoms with Crippen molar-refractivity contribution in [1.29, 1.82) is 0 Å². The number of carbonyl (C=O) groups is 1. The highest BCUT2D eigenvalue weighted by molar-refractivity contribution is 7.10. The summed E-state index contributed by atoms with van der Waals surface area (Å²) in [7, 11) is 0. The second-order valence-corrected chi connectivity index (χ2v) is 4.71. The number of thiophene rings is 1. The van der Waals surface area contributed by atoms with Crippen molar-refractivity contribution in [3.8, 4) is 0 Å². The van der Waals surface area contributed by atoms with Crippen LogP contribution in [0.15, 0.2) is 29.9 Å². The minimum atomic E-state index is -0.765. The summed E-state index contributed by atoms with van der Waals surface area (Å²) in [6, 6.07) is 3.97. The van der Waals surface area contributed by atoms with Gasteiger partial charge in [0.15, 0.2) is 0 Å². The lowest BCUT2D eigenvalue weighted by Gasteiger charge is -2.12. The van der Waals surface area contributed by atoms with Crippen molar-refractivity contribution in [2.24, 2.45) is 0 Å². The Kier molecular flexibility index (Phi) is 3.10. The van der Waals surface area contributed by atoms with Gasteiger partial charge in [0.05, 0.1) is 6.42 Å². The van der Waals surface area contributed by atoms with Crippen molar-refractivity contribution in [3.63, 3.8) is 0 Å². The van der Waals surface area contributed by atoms with E-state index in [4.69, 9.17) is 5.11 Å². The fourth-order valence-electron chi connectivity index (χ4n) is 1.83. The quantitative estimate of drug-likeness (QED) is 0.856. The van der Waals surface area contributed by atoms with E-state index in [9.17, 15) is 4.79 Å². The number of carboxylic acids is 1. The van der Waals surface area contributed by atoms with Gasteiger partial charge in [0.2, 0.25) is 0 Å². The van der Waals surface area contributed by atoms with Crippen molar-refractivity contribution >= 4 is 17.3 Å². The van der Waals surface area contributed by atoms with Gasteiger partial charge in [-0.15, -0.1) is 11.3 Å². The van der Waals surface area contributed by atoms with Crippen LogP contribution in [0.2, 0.25) is 0 Å². The average Bonchev–Trinajstić information content (AvgIpc) is 2.84. The topological polar surface area (TPSA) is 53.1 Å². The van der Waals surface area contributed by atoms with Gasteiger partial charge in [0, 0.05) is 23.2 Å². The molecule has 2 rings (SSSR count). The lowest BCUT2D eigenvalue weighted by molar-refractivity contribution is -0.137. The predicted octanol–water partition coefficient (Wildman–Crippen LogP) is 2.99. The molecule has 16 heavy (non-hydrogen) atoms. The van der Waals surface area contributed by atoms with Gasteiger partial charge in [0.25, 0.3) is 0 Å². The molecule has 2 aromatic heterocycles. The molecule has 0 spiro atoms. The third-order valence-corrected chi connectivity index (χ3v) is 3.75. The standard InChI is InChI=1S/C12H13NO2S/c1-8-3-5-16-12(8)10(6-11(14)15)9-2-4-13-7-9/h2-5,7,10,13H,6H2,1H3,(H,14,15). The first-order valence-electron chi connectivity index (χ1n) is 5.07. The minimum Gasteiger partial charge on any atom is -0.481 e. The summed E-state index contributed by atoms with van der Waals surface area (Å²) in [6.45, 7) is 2.02. The molecule has 0 saturated heterocycles. The van der Waals surface area contributed by atoms with Gasteiger partial charge in [-0.1, -0.05) is 0 Å². The number of aryl methyl sites for hydroxylation is 1. The first-order chi connectivity index (χ1) is 7.68. The SMILES string of the molecule is Cc1ccsc1C(CC(=O)O)c1cc[nH]c1. The third-order valence-electron chi connectivity index (χ3n) is 2.62. The van der Waals surface area contributed by atoms with E-state index in [0.29, 0.717) is 0 Å². The van der Waals surface area contributed by atoms with E-state index < -0.39 is 5.97 Å². The van der Waals surface area contributed by atoms with E-state index in [0.717, 1.165) is 16.0 Å². The molecule has 0 aliphatic rings. The van der Waals surface area contributed by atoms with Crippen LogP contribution in [0.3, 0.4) is 0 Å². The van der Waals surface area contributed by atoms with Crippen molar-refractivity contribution in [2.75, 3.05) is 0 Å². The summed E-state index contributed by atoms with van der Waals surface area (Å²) in [4.78, 5) is 15.0. The van der Waals surface area contributed by atoms with Crippen molar-refractivity contribution < 1.29 is 9.90 Å². The molecule has 2 aromatic rings. The number of aliphatic carboxylic acids is 1. The summed E-state index contributed by atoms with van der Waals surface area (Å²) >= 11 is 1.62. The molecular formula is C12H13NO2S.